The SMILES string of the molecule is CCC(NC(=O)C(N)CCS(C)(=O)=O)c1nccs1. The monoisotopic (exact) mass is 305 g/mol. The largest absolute Gasteiger partial charge is 0.346 e. The van der Waals surface area contributed by atoms with E-state index in [0.717, 1.165) is 11.3 Å². The van der Waals surface area contributed by atoms with Crippen molar-refractivity contribution in [1.82, 2.24) is 10.3 Å². The van der Waals surface area contributed by atoms with Crippen LogP contribution in [0.25, 0.3) is 0 Å². The second-order valence-electron chi connectivity index (χ2n) is 4.36. The molecule has 0 aliphatic heterocycles. The summed E-state index contributed by atoms with van der Waals surface area (Å²) in [7, 11) is -3.10. The first kappa shape index (κ1) is 16.1. The van der Waals surface area contributed by atoms with E-state index in [2.05, 4.69) is 10.3 Å². The summed E-state index contributed by atoms with van der Waals surface area (Å²) in [5, 5.41) is 5.46. The second kappa shape index (κ2) is 6.97. The lowest BCUT2D eigenvalue weighted by molar-refractivity contribution is -0.123. The van der Waals surface area contributed by atoms with Gasteiger partial charge in [-0.15, -0.1) is 11.3 Å². The summed E-state index contributed by atoms with van der Waals surface area (Å²) in [6, 6.07) is -0.986. The van der Waals surface area contributed by atoms with Crippen LogP contribution < -0.4 is 11.1 Å². The number of thiazole rings is 1. The average molecular weight is 305 g/mol. The minimum atomic E-state index is -3.10. The van der Waals surface area contributed by atoms with Crippen LogP contribution in [0.3, 0.4) is 0 Å². The number of hydrogen-bond acceptors (Lipinski definition) is 6. The van der Waals surface area contributed by atoms with Gasteiger partial charge in [-0.3, -0.25) is 4.79 Å². The van der Waals surface area contributed by atoms with E-state index < -0.39 is 15.9 Å². The van der Waals surface area contributed by atoms with Crippen molar-refractivity contribution in [1.29, 1.82) is 0 Å². The Labute approximate surface area is 117 Å². The fourth-order valence-electron chi connectivity index (χ4n) is 1.50. The number of amides is 1. The quantitative estimate of drug-likeness (QED) is 0.762. The highest BCUT2D eigenvalue weighted by molar-refractivity contribution is 7.90. The topological polar surface area (TPSA) is 102 Å². The van der Waals surface area contributed by atoms with Gasteiger partial charge in [-0.05, 0) is 12.8 Å². The highest BCUT2D eigenvalue weighted by Crippen LogP contribution is 2.18. The Morgan fingerprint density at radius 2 is 2.26 bits per heavy atom. The van der Waals surface area contributed by atoms with Crippen LogP contribution in [0.2, 0.25) is 0 Å². The molecule has 108 valence electrons. The van der Waals surface area contributed by atoms with Gasteiger partial charge in [-0.1, -0.05) is 6.92 Å². The van der Waals surface area contributed by atoms with Gasteiger partial charge >= 0.3 is 0 Å². The normalized spacial score (nSPS) is 14.9. The van der Waals surface area contributed by atoms with Crippen LogP contribution in [-0.2, 0) is 14.6 Å². The van der Waals surface area contributed by atoms with E-state index in [4.69, 9.17) is 5.73 Å². The molecule has 1 rings (SSSR count). The molecule has 2 atom stereocenters. The maximum absolute atomic E-state index is 11.9. The van der Waals surface area contributed by atoms with Crippen LogP contribution >= 0.6 is 11.3 Å². The number of nitrogens with one attached hydrogen (secondary N) is 1. The summed E-state index contributed by atoms with van der Waals surface area (Å²) in [6.07, 6.45) is 3.64. The van der Waals surface area contributed by atoms with Crippen LogP contribution in [0.4, 0.5) is 0 Å². The van der Waals surface area contributed by atoms with Crippen molar-refractivity contribution in [3.05, 3.63) is 16.6 Å². The molecule has 0 saturated carbocycles. The van der Waals surface area contributed by atoms with E-state index in [-0.39, 0.29) is 24.1 Å². The van der Waals surface area contributed by atoms with E-state index in [1.807, 2.05) is 12.3 Å². The predicted molar refractivity (Wildman–Crippen MR) is 75.6 cm³/mol. The minimum absolute atomic E-state index is 0.0877. The summed E-state index contributed by atoms with van der Waals surface area (Å²) < 4.78 is 22.1. The van der Waals surface area contributed by atoms with Gasteiger partial charge in [-0.2, -0.15) is 0 Å². The highest BCUT2D eigenvalue weighted by Gasteiger charge is 2.20. The number of aromatic nitrogens is 1. The molecule has 0 saturated heterocycles. The molecule has 1 aromatic rings. The highest BCUT2D eigenvalue weighted by atomic mass is 32.2. The van der Waals surface area contributed by atoms with Crippen molar-refractivity contribution in [3.63, 3.8) is 0 Å². The van der Waals surface area contributed by atoms with Gasteiger partial charge in [0.05, 0.1) is 17.8 Å². The van der Waals surface area contributed by atoms with Crippen LogP contribution in [0, 0.1) is 0 Å². The summed E-state index contributed by atoms with van der Waals surface area (Å²) in [4.78, 5) is 16.0. The molecule has 0 aliphatic carbocycles. The summed E-state index contributed by atoms with van der Waals surface area (Å²) in [5.74, 6) is -0.430. The first-order chi connectivity index (χ1) is 8.83. The number of rotatable bonds is 7. The molecule has 8 heteroatoms. The van der Waals surface area contributed by atoms with Gasteiger partial charge in [0.2, 0.25) is 5.91 Å². The number of carbonyl (C=O) groups is 1. The smallest absolute Gasteiger partial charge is 0.237 e. The van der Waals surface area contributed by atoms with Crippen molar-refractivity contribution >= 4 is 27.1 Å². The number of nitrogens with two attached hydrogens (primary N) is 1. The van der Waals surface area contributed by atoms with Crippen molar-refractivity contribution < 1.29 is 13.2 Å². The van der Waals surface area contributed by atoms with Gasteiger partial charge in [0.25, 0.3) is 0 Å². The number of hydrogen-bond donors (Lipinski definition) is 2. The fraction of sp³-hybridized carbons (Fsp3) is 0.636. The lowest BCUT2D eigenvalue weighted by Crippen LogP contribution is -2.43. The van der Waals surface area contributed by atoms with E-state index in [0.29, 0.717) is 6.42 Å². The fourth-order valence-corrected chi connectivity index (χ4v) is 2.95. The second-order valence-corrected chi connectivity index (χ2v) is 7.55. The molecule has 0 aromatic carbocycles. The summed E-state index contributed by atoms with van der Waals surface area (Å²) in [5.41, 5.74) is 5.69. The third-order valence-electron chi connectivity index (χ3n) is 2.61. The van der Waals surface area contributed by atoms with Crippen LogP contribution in [0.15, 0.2) is 11.6 Å². The molecule has 0 fully saturated rings. The molecule has 0 bridgehead atoms. The zero-order chi connectivity index (χ0) is 14.5. The van der Waals surface area contributed by atoms with E-state index >= 15 is 0 Å². The molecule has 2 unspecified atom stereocenters. The minimum Gasteiger partial charge on any atom is -0.346 e. The first-order valence-corrected chi connectivity index (χ1v) is 8.90. The molecule has 0 radical (unpaired) electrons. The zero-order valence-electron chi connectivity index (χ0n) is 11.0. The van der Waals surface area contributed by atoms with Crippen LogP contribution in [0.5, 0.6) is 0 Å². The molecule has 1 aromatic heterocycles. The molecule has 6 nitrogen and oxygen atoms in total. The average Bonchev–Trinajstić information content (AvgIpc) is 2.85. The van der Waals surface area contributed by atoms with Crippen molar-refractivity contribution in [2.24, 2.45) is 5.73 Å². The third-order valence-corrected chi connectivity index (χ3v) is 4.48. The maximum Gasteiger partial charge on any atom is 0.237 e. The molecule has 1 heterocycles. The van der Waals surface area contributed by atoms with Crippen LogP contribution in [-0.4, -0.2) is 37.4 Å². The molecular weight excluding hydrogens is 286 g/mol. The lowest BCUT2D eigenvalue weighted by Gasteiger charge is -2.17. The number of carbonyl (C=O) groups excluding carboxylic acids is 1. The Morgan fingerprint density at radius 3 is 2.74 bits per heavy atom. The van der Waals surface area contributed by atoms with Gasteiger partial charge in [0, 0.05) is 17.8 Å². The molecule has 0 spiro atoms. The van der Waals surface area contributed by atoms with E-state index in [1.165, 1.54) is 11.3 Å². The first-order valence-electron chi connectivity index (χ1n) is 5.96. The van der Waals surface area contributed by atoms with Crippen molar-refractivity contribution in [2.75, 3.05) is 12.0 Å². The Morgan fingerprint density at radius 1 is 1.58 bits per heavy atom. The number of sulfone groups is 1. The maximum atomic E-state index is 11.9. The van der Waals surface area contributed by atoms with Crippen molar-refractivity contribution in [2.45, 2.75) is 31.8 Å². The lowest BCUT2D eigenvalue weighted by atomic mass is 10.2. The predicted octanol–water partition coefficient (Wildman–Crippen LogP) is 0.472. The Hall–Kier alpha value is -0.990. The number of nitrogens with zero attached hydrogens (tertiary/aromatic N) is 1. The molecule has 19 heavy (non-hydrogen) atoms. The van der Waals surface area contributed by atoms with E-state index in [9.17, 15) is 13.2 Å². The van der Waals surface area contributed by atoms with Gasteiger partial charge < -0.3 is 11.1 Å². The Balaban J connectivity index is 2.53. The van der Waals surface area contributed by atoms with Gasteiger partial charge in [0.1, 0.15) is 14.8 Å². The molecule has 0 aliphatic rings. The summed E-state index contributed by atoms with van der Waals surface area (Å²) >= 11 is 1.46. The standard InChI is InChI=1S/C11H19N3O3S2/c1-3-9(11-13-5-6-18-11)14-10(15)8(12)4-7-19(2,16)17/h5-6,8-9H,3-4,7,12H2,1-2H3,(H,14,15). The third kappa shape index (κ3) is 5.66. The molecule has 3 N–H and O–H groups in total. The van der Waals surface area contributed by atoms with Crippen LogP contribution in [0.1, 0.15) is 30.8 Å². The van der Waals surface area contributed by atoms with E-state index in [1.54, 1.807) is 6.20 Å². The summed E-state index contributed by atoms with van der Waals surface area (Å²) in [6.45, 7) is 1.94. The van der Waals surface area contributed by atoms with Gasteiger partial charge in [-0.25, -0.2) is 13.4 Å². The Kier molecular flexibility index (Phi) is 5.89. The molecular formula is C11H19N3O3S2. The van der Waals surface area contributed by atoms with Crippen molar-refractivity contribution in [3.8, 4) is 0 Å². The van der Waals surface area contributed by atoms with Gasteiger partial charge in [0.15, 0.2) is 0 Å². The molecule has 1 amide bonds. The Bertz CT molecular complexity index is 499. The zero-order valence-corrected chi connectivity index (χ0v) is 12.6.